The number of aromatic amines is 1. The molecule has 0 spiro atoms. The molecule has 0 aliphatic carbocycles. The first-order valence-corrected chi connectivity index (χ1v) is 7.83. The maximum atomic E-state index is 14.2. The Morgan fingerprint density at radius 1 is 1.33 bits per heavy atom. The predicted octanol–water partition coefficient (Wildman–Crippen LogP) is 1.68. The van der Waals surface area contributed by atoms with Gasteiger partial charge in [0.15, 0.2) is 11.6 Å². The highest BCUT2D eigenvalue weighted by Gasteiger charge is 2.24. The average molecular weight is 332 g/mol. The van der Waals surface area contributed by atoms with Crippen molar-refractivity contribution in [3.05, 3.63) is 51.2 Å². The van der Waals surface area contributed by atoms with Crippen LogP contribution < -0.4 is 15.2 Å². The van der Waals surface area contributed by atoms with Crippen LogP contribution in [-0.2, 0) is 13.1 Å². The van der Waals surface area contributed by atoms with Crippen LogP contribution in [0.1, 0.15) is 16.7 Å². The zero-order valence-electron chi connectivity index (χ0n) is 14.1. The van der Waals surface area contributed by atoms with Crippen LogP contribution in [0.15, 0.2) is 23.1 Å². The number of ether oxygens (including phenoxy) is 1. The molecule has 1 N–H and O–H groups in total. The number of nitrogens with zero attached hydrogens (tertiary/aromatic N) is 3. The lowest BCUT2D eigenvalue weighted by Crippen LogP contribution is -2.21. The second-order valence-corrected chi connectivity index (χ2v) is 6.27. The number of halogens is 1. The fourth-order valence-corrected chi connectivity index (χ4v) is 2.79. The second kappa shape index (κ2) is 6.60. The van der Waals surface area contributed by atoms with Crippen molar-refractivity contribution in [2.45, 2.75) is 20.0 Å². The van der Waals surface area contributed by atoms with Crippen LogP contribution in [0.3, 0.4) is 0 Å². The van der Waals surface area contributed by atoms with Gasteiger partial charge in [0.05, 0.1) is 11.9 Å². The molecule has 2 aromatic rings. The molecule has 0 bridgehead atoms. The Kier molecular flexibility index (Phi) is 4.53. The molecule has 1 aromatic heterocycles. The molecule has 2 heterocycles. The molecule has 6 nitrogen and oxygen atoms in total. The minimum atomic E-state index is -0.352. The molecule has 0 unspecified atom stereocenters. The summed E-state index contributed by atoms with van der Waals surface area (Å²) < 4.78 is 19.8. The Labute approximate surface area is 139 Å². The van der Waals surface area contributed by atoms with Crippen LogP contribution >= 0.6 is 0 Å². The maximum Gasteiger partial charge on any atom is 0.269 e. The van der Waals surface area contributed by atoms with Crippen molar-refractivity contribution in [1.82, 2.24) is 15.1 Å². The number of benzene rings is 1. The molecule has 0 radical (unpaired) electrons. The third-order valence-corrected chi connectivity index (χ3v) is 4.19. The minimum absolute atomic E-state index is 0.206. The monoisotopic (exact) mass is 332 g/mol. The predicted molar refractivity (Wildman–Crippen MR) is 89.9 cm³/mol. The van der Waals surface area contributed by atoms with E-state index in [1.54, 1.807) is 19.2 Å². The molecular formula is C17H21FN4O2. The van der Waals surface area contributed by atoms with E-state index in [2.05, 4.69) is 10.2 Å². The van der Waals surface area contributed by atoms with E-state index in [9.17, 15) is 9.18 Å². The molecule has 0 saturated heterocycles. The van der Waals surface area contributed by atoms with Crippen molar-refractivity contribution in [2.75, 3.05) is 32.1 Å². The number of likely N-dealkylation sites (N-methyl/N-ethyl adjacent to an activating group) is 1. The van der Waals surface area contributed by atoms with Gasteiger partial charge in [-0.05, 0) is 44.3 Å². The van der Waals surface area contributed by atoms with Gasteiger partial charge in [0, 0.05) is 25.2 Å². The molecule has 3 rings (SSSR count). The van der Waals surface area contributed by atoms with Gasteiger partial charge in [-0.1, -0.05) is 0 Å². The molecule has 0 saturated carbocycles. The standard InChI is InChI=1S/C17H21FN4O2/c1-11-15(8-19-20-17(11)23)22-9-12-6-14(18)16(7-13(12)10-22)24-5-4-21(2)3/h6-8H,4-5,9-10H2,1-3H3,(H,20,23). The summed E-state index contributed by atoms with van der Waals surface area (Å²) in [5, 5.41) is 6.28. The SMILES string of the molecule is Cc1c(N2Cc3cc(F)c(OCCN(C)C)cc3C2)cn[nH]c1=O. The van der Waals surface area contributed by atoms with E-state index in [1.807, 2.05) is 23.9 Å². The van der Waals surface area contributed by atoms with Gasteiger partial charge in [0.1, 0.15) is 6.61 Å². The van der Waals surface area contributed by atoms with Gasteiger partial charge < -0.3 is 14.5 Å². The normalized spacial score (nSPS) is 13.5. The van der Waals surface area contributed by atoms with Crippen molar-refractivity contribution in [3.8, 4) is 5.75 Å². The lowest BCUT2D eigenvalue weighted by Gasteiger charge is -2.18. The molecule has 24 heavy (non-hydrogen) atoms. The van der Waals surface area contributed by atoms with Crippen LogP contribution in [0.25, 0.3) is 0 Å². The van der Waals surface area contributed by atoms with Gasteiger partial charge in [-0.2, -0.15) is 5.10 Å². The smallest absolute Gasteiger partial charge is 0.269 e. The fourth-order valence-electron chi connectivity index (χ4n) is 2.79. The van der Waals surface area contributed by atoms with Gasteiger partial charge in [0.2, 0.25) is 0 Å². The zero-order valence-corrected chi connectivity index (χ0v) is 14.1. The van der Waals surface area contributed by atoms with Crippen molar-refractivity contribution in [1.29, 1.82) is 0 Å². The summed E-state index contributed by atoms with van der Waals surface area (Å²) in [5.74, 6) is -0.0756. The first-order chi connectivity index (χ1) is 11.5. The van der Waals surface area contributed by atoms with Crippen LogP contribution in [0, 0.1) is 12.7 Å². The van der Waals surface area contributed by atoms with Crippen LogP contribution in [0.2, 0.25) is 0 Å². The van der Waals surface area contributed by atoms with E-state index in [0.717, 1.165) is 23.4 Å². The topological polar surface area (TPSA) is 61.5 Å². The van der Waals surface area contributed by atoms with Crippen molar-refractivity contribution in [2.24, 2.45) is 0 Å². The highest BCUT2D eigenvalue weighted by atomic mass is 19.1. The molecule has 7 heteroatoms. The first kappa shape index (κ1) is 16.4. The number of hydrogen-bond donors (Lipinski definition) is 1. The second-order valence-electron chi connectivity index (χ2n) is 6.27. The van der Waals surface area contributed by atoms with Gasteiger partial charge in [0.25, 0.3) is 5.56 Å². The molecular weight excluding hydrogens is 311 g/mol. The summed E-state index contributed by atoms with van der Waals surface area (Å²) in [6.07, 6.45) is 1.63. The number of H-pyrrole nitrogens is 1. The van der Waals surface area contributed by atoms with Gasteiger partial charge in [-0.15, -0.1) is 0 Å². The molecule has 1 aliphatic heterocycles. The third-order valence-electron chi connectivity index (χ3n) is 4.19. The van der Waals surface area contributed by atoms with Crippen molar-refractivity contribution in [3.63, 3.8) is 0 Å². The minimum Gasteiger partial charge on any atom is -0.489 e. The number of nitrogens with one attached hydrogen (secondary N) is 1. The van der Waals surface area contributed by atoms with Gasteiger partial charge in [-0.25, -0.2) is 9.49 Å². The first-order valence-electron chi connectivity index (χ1n) is 7.83. The Hall–Kier alpha value is -2.41. The molecule has 128 valence electrons. The lowest BCUT2D eigenvalue weighted by molar-refractivity contribution is 0.252. The average Bonchev–Trinajstić information content (AvgIpc) is 2.92. The van der Waals surface area contributed by atoms with Crippen molar-refractivity contribution >= 4 is 5.69 Å². The summed E-state index contributed by atoms with van der Waals surface area (Å²) in [6.45, 7) is 4.07. The largest absolute Gasteiger partial charge is 0.489 e. The fraction of sp³-hybridized carbons (Fsp3) is 0.412. The van der Waals surface area contributed by atoms with E-state index in [0.29, 0.717) is 25.3 Å². The summed E-state index contributed by atoms with van der Waals surface area (Å²) in [6, 6.07) is 3.28. The number of fused-ring (bicyclic) bond motifs is 1. The van der Waals surface area contributed by atoms with Gasteiger partial charge in [-0.3, -0.25) is 4.79 Å². The van der Waals surface area contributed by atoms with Crippen molar-refractivity contribution < 1.29 is 9.13 Å². The Morgan fingerprint density at radius 2 is 2.04 bits per heavy atom. The third kappa shape index (κ3) is 3.26. The van der Waals surface area contributed by atoms with Gasteiger partial charge >= 0.3 is 0 Å². The van der Waals surface area contributed by atoms with E-state index >= 15 is 0 Å². The number of rotatable bonds is 5. The van der Waals surface area contributed by atoms with E-state index in [-0.39, 0.29) is 17.1 Å². The van der Waals surface area contributed by atoms with Crippen LogP contribution in [0.5, 0.6) is 5.75 Å². The van der Waals surface area contributed by atoms with E-state index in [1.165, 1.54) is 6.07 Å². The van der Waals surface area contributed by atoms with Crippen LogP contribution in [-0.4, -0.2) is 42.3 Å². The molecule has 0 atom stereocenters. The lowest BCUT2D eigenvalue weighted by atomic mass is 10.1. The van der Waals surface area contributed by atoms with E-state index < -0.39 is 0 Å². The number of hydrogen-bond acceptors (Lipinski definition) is 5. The van der Waals surface area contributed by atoms with E-state index in [4.69, 9.17) is 4.74 Å². The molecule has 1 aromatic carbocycles. The zero-order chi connectivity index (χ0) is 17.3. The summed E-state index contributed by atoms with van der Waals surface area (Å²) >= 11 is 0. The quantitative estimate of drug-likeness (QED) is 0.903. The number of aromatic nitrogens is 2. The Bertz CT molecular complexity index is 804. The summed E-state index contributed by atoms with van der Waals surface area (Å²) in [5.41, 5.74) is 3.09. The maximum absolute atomic E-state index is 14.2. The highest BCUT2D eigenvalue weighted by Crippen LogP contribution is 2.32. The molecule has 0 fully saturated rings. The molecule has 0 amide bonds. The Morgan fingerprint density at radius 3 is 2.75 bits per heavy atom. The molecule has 1 aliphatic rings. The Balaban J connectivity index is 1.80. The summed E-state index contributed by atoms with van der Waals surface area (Å²) in [4.78, 5) is 15.7. The highest BCUT2D eigenvalue weighted by molar-refractivity contribution is 5.55. The van der Waals surface area contributed by atoms with Crippen LogP contribution in [0.4, 0.5) is 10.1 Å². The number of anilines is 1. The summed E-state index contributed by atoms with van der Waals surface area (Å²) in [7, 11) is 3.89.